The first kappa shape index (κ1) is 17.2. The van der Waals surface area contributed by atoms with Crippen LogP contribution >= 0.6 is 35.4 Å². The summed E-state index contributed by atoms with van der Waals surface area (Å²) in [6.45, 7) is 4.31. The average Bonchev–Trinajstić information content (AvgIpc) is 2.30. The van der Waals surface area contributed by atoms with Crippen LogP contribution in [0.25, 0.3) is 0 Å². The molecule has 0 aliphatic rings. The quantitative estimate of drug-likeness (QED) is 0.786. The van der Waals surface area contributed by atoms with Crippen LogP contribution in [0.15, 0.2) is 18.2 Å². The smallest absolute Gasteiger partial charge is 0.230 e. The van der Waals surface area contributed by atoms with Crippen LogP contribution in [0.1, 0.15) is 19.4 Å². The van der Waals surface area contributed by atoms with Crippen molar-refractivity contribution in [2.45, 2.75) is 20.3 Å². The predicted molar refractivity (Wildman–Crippen MR) is 88.3 cm³/mol. The highest BCUT2D eigenvalue weighted by molar-refractivity contribution is 7.80. The van der Waals surface area contributed by atoms with Crippen LogP contribution in [0.4, 0.5) is 0 Å². The number of halogens is 2. The molecule has 20 heavy (non-hydrogen) atoms. The van der Waals surface area contributed by atoms with Gasteiger partial charge in [0.2, 0.25) is 5.91 Å². The van der Waals surface area contributed by atoms with Gasteiger partial charge in [-0.15, -0.1) is 0 Å². The Bertz CT molecular complexity index is 506. The van der Waals surface area contributed by atoms with E-state index in [0.717, 1.165) is 5.56 Å². The summed E-state index contributed by atoms with van der Waals surface area (Å²) in [7, 11) is 0. The van der Waals surface area contributed by atoms with Gasteiger partial charge in [-0.05, 0) is 30.0 Å². The van der Waals surface area contributed by atoms with Crippen molar-refractivity contribution in [1.82, 2.24) is 5.32 Å². The van der Waals surface area contributed by atoms with Gasteiger partial charge in [0.1, 0.15) is 0 Å². The average molecular weight is 333 g/mol. The second-order valence-corrected chi connectivity index (χ2v) is 6.22. The molecule has 0 aliphatic heterocycles. The summed E-state index contributed by atoms with van der Waals surface area (Å²) in [6.07, 6.45) is 0.629. The van der Waals surface area contributed by atoms with Crippen LogP contribution < -0.4 is 11.1 Å². The Morgan fingerprint density at radius 1 is 1.40 bits per heavy atom. The van der Waals surface area contributed by atoms with E-state index < -0.39 is 5.92 Å². The van der Waals surface area contributed by atoms with Crippen molar-refractivity contribution in [3.8, 4) is 0 Å². The predicted octanol–water partition coefficient (Wildman–Crippen LogP) is 3.21. The van der Waals surface area contributed by atoms with Crippen molar-refractivity contribution in [2.75, 3.05) is 6.54 Å². The lowest BCUT2D eigenvalue weighted by atomic mass is 9.95. The summed E-state index contributed by atoms with van der Waals surface area (Å²) in [4.78, 5) is 12.2. The topological polar surface area (TPSA) is 55.1 Å². The summed E-state index contributed by atoms with van der Waals surface area (Å²) in [5.41, 5.74) is 6.53. The van der Waals surface area contributed by atoms with E-state index in [-0.39, 0.29) is 16.8 Å². The van der Waals surface area contributed by atoms with Crippen molar-refractivity contribution in [3.63, 3.8) is 0 Å². The molecule has 0 radical (unpaired) electrons. The fraction of sp³-hybridized carbons (Fsp3) is 0.429. The number of nitrogens with two attached hydrogens (primary N) is 1. The summed E-state index contributed by atoms with van der Waals surface area (Å²) >= 11 is 16.8. The molecule has 0 bridgehead atoms. The molecule has 1 unspecified atom stereocenters. The van der Waals surface area contributed by atoms with E-state index in [1.807, 2.05) is 19.9 Å². The van der Waals surface area contributed by atoms with E-state index in [9.17, 15) is 4.79 Å². The molecule has 0 spiro atoms. The maximum atomic E-state index is 12.0. The largest absolute Gasteiger partial charge is 0.393 e. The standard InChI is InChI=1S/C14H18Cl2N2OS/c1-8(2)12(13(17)20)14(19)18-6-5-9-3-4-10(15)7-11(9)16/h3-4,7-8,12H,5-6H2,1-2H3,(H2,17,20)(H,18,19). The van der Waals surface area contributed by atoms with Gasteiger partial charge in [0.05, 0.1) is 10.9 Å². The number of nitrogens with one attached hydrogen (secondary N) is 1. The number of amides is 1. The van der Waals surface area contributed by atoms with Gasteiger partial charge in [-0.2, -0.15) is 0 Å². The minimum atomic E-state index is -0.439. The molecular weight excluding hydrogens is 315 g/mol. The van der Waals surface area contributed by atoms with Gasteiger partial charge < -0.3 is 11.1 Å². The number of hydrogen-bond acceptors (Lipinski definition) is 2. The Balaban J connectivity index is 2.55. The van der Waals surface area contributed by atoms with E-state index in [4.69, 9.17) is 41.2 Å². The molecular formula is C14H18Cl2N2OS. The first-order chi connectivity index (χ1) is 9.32. The number of rotatable bonds is 6. The van der Waals surface area contributed by atoms with Crippen LogP contribution in [-0.2, 0) is 11.2 Å². The second kappa shape index (κ2) is 7.81. The van der Waals surface area contributed by atoms with Crippen LogP contribution in [0.3, 0.4) is 0 Å². The molecule has 1 amide bonds. The van der Waals surface area contributed by atoms with Crippen molar-refractivity contribution in [1.29, 1.82) is 0 Å². The number of hydrogen-bond donors (Lipinski definition) is 2. The lowest BCUT2D eigenvalue weighted by Crippen LogP contribution is -2.41. The number of carbonyl (C=O) groups is 1. The molecule has 0 saturated heterocycles. The van der Waals surface area contributed by atoms with Gasteiger partial charge in [0.25, 0.3) is 0 Å². The van der Waals surface area contributed by atoms with Crippen LogP contribution in [0.2, 0.25) is 10.0 Å². The molecule has 0 saturated carbocycles. The fourth-order valence-electron chi connectivity index (χ4n) is 1.92. The van der Waals surface area contributed by atoms with E-state index in [2.05, 4.69) is 5.32 Å². The zero-order valence-corrected chi connectivity index (χ0v) is 13.8. The summed E-state index contributed by atoms with van der Waals surface area (Å²) in [6, 6.07) is 5.31. The second-order valence-electron chi connectivity index (χ2n) is 4.90. The molecule has 3 nitrogen and oxygen atoms in total. The summed E-state index contributed by atoms with van der Waals surface area (Å²) in [5.74, 6) is -0.505. The fourth-order valence-corrected chi connectivity index (χ4v) is 2.80. The highest BCUT2D eigenvalue weighted by Gasteiger charge is 2.24. The van der Waals surface area contributed by atoms with E-state index in [1.165, 1.54) is 0 Å². The van der Waals surface area contributed by atoms with Crippen molar-refractivity contribution in [2.24, 2.45) is 17.6 Å². The van der Waals surface area contributed by atoms with Crippen LogP contribution in [0.5, 0.6) is 0 Å². The number of carbonyl (C=O) groups excluding carboxylic acids is 1. The highest BCUT2D eigenvalue weighted by Crippen LogP contribution is 2.21. The zero-order chi connectivity index (χ0) is 15.3. The van der Waals surface area contributed by atoms with Gasteiger partial charge in [-0.25, -0.2) is 0 Å². The van der Waals surface area contributed by atoms with E-state index in [0.29, 0.717) is 23.0 Å². The molecule has 1 rings (SSSR count). The maximum Gasteiger partial charge on any atom is 0.230 e. The SMILES string of the molecule is CC(C)C(C(=O)NCCc1ccc(Cl)cc1Cl)C(N)=S. The van der Waals surface area contributed by atoms with E-state index >= 15 is 0 Å². The molecule has 0 aromatic heterocycles. The van der Waals surface area contributed by atoms with Crippen molar-refractivity contribution in [3.05, 3.63) is 33.8 Å². The molecule has 1 aromatic rings. The van der Waals surface area contributed by atoms with Crippen LogP contribution in [-0.4, -0.2) is 17.4 Å². The van der Waals surface area contributed by atoms with Gasteiger partial charge in [0.15, 0.2) is 0 Å². The normalized spacial score (nSPS) is 12.2. The Kier molecular flexibility index (Phi) is 6.72. The minimum absolute atomic E-state index is 0.0756. The highest BCUT2D eigenvalue weighted by atomic mass is 35.5. The minimum Gasteiger partial charge on any atom is -0.393 e. The molecule has 0 heterocycles. The Labute approximate surface area is 134 Å². The molecule has 1 aromatic carbocycles. The molecule has 0 aliphatic carbocycles. The van der Waals surface area contributed by atoms with Gasteiger partial charge >= 0.3 is 0 Å². The number of thiocarbonyl (C=S) groups is 1. The first-order valence-electron chi connectivity index (χ1n) is 6.34. The van der Waals surface area contributed by atoms with Gasteiger partial charge in [-0.1, -0.05) is 55.3 Å². The third kappa shape index (κ3) is 4.93. The Hall–Kier alpha value is -0.840. The third-order valence-electron chi connectivity index (χ3n) is 2.96. The first-order valence-corrected chi connectivity index (χ1v) is 7.50. The van der Waals surface area contributed by atoms with Crippen molar-refractivity contribution < 1.29 is 4.79 Å². The number of benzene rings is 1. The molecule has 6 heteroatoms. The van der Waals surface area contributed by atoms with E-state index in [1.54, 1.807) is 12.1 Å². The lowest BCUT2D eigenvalue weighted by molar-refractivity contribution is -0.123. The molecule has 0 fully saturated rings. The Morgan fingerprint density at radius 3 is 2.55 bits per heavy atom. The summed E-state index contributed by atoms with van der Waals surface area (Å²) < 4.78 is 0. The third-order valence-corrected chi connectivity index (χ3v) is 3.81. The molecule has 1 atom stereocenters. The van der Waals surface area contributed by atoms with Crippen LogP contribution in [0, 0.1) is 11.8 Å². The maximum absolute atomic E-state index is 12.0. The lowest BCUT2D eigenvalue weighted by Gasteiger charge is -2.18. The van der Waals surface area contributed by atoms with Gasteiger partial charge in [0, 0.05) is 16.6 Å². The Morgan fingerprint density at radius 2 is 2.05 bits per heavy atom. The molecule has 3 N–H and O–H groups in total. The monoisotopic (exact) mass is 332 g/mol. The van der Waals surface area contributed by atoms with Crippen molar-refractivity contribution >= 4 is 46.3 Å². The summed E-state index contributed by atoms with van der Waals surface area (Å²) in [5, 5.41) is 4.03. The molecule has 110 valence electrons. The zero-order valence-electron chi connectivity index (χ0n) is 11.5. The van der Waals surface area contributed by atoms with Gasteiger partial charge in [-0.3, -0.25) is 4.79 Å².